The molecule has 0 bridgehead atoms. The Balaban J connectivity index is 1.76. The maximum Gasteiger partial charge on any atom is 0.165 e. The van der Waals surface area contributed by atoms with E-state index in [0.717, 1.165) is 17.7 Å². The monoisotopic (exact) mass is 391 g/mol. The van der Waals surface area contributed by atoms with Gasteiger partial charge < -0.3 is 5.32 Å². The summed E-state index contributed by atoms with van der Waals surface area (Å²) in [5.41, 5.74) is 4.15. The van der Waals surface area contributed by atoms with E-state index >= 15 is 0 Å². The van der Waals surface area contributed by atoms with Crippen molar-refractivity contribution >= 4 is 23.1 Å². The Morgan fingerprint density at radius 2 is 1.61 bits per heavy atom. The first-order valence-corrected chi connectivity index (χ1v) is 10.2. The van der Waals surface area contributed by atoms with Crippen LogP contribution in [0.5, 0.6) is 0 Å². The van der Waals surface area contributed by atoms with Gasteiger partial charge in [0.25, 0.3) is 0 Å². The minimum absolute atomic E-state index is 0.0918. The quantitative estimate of drug-likeness (QED) is 0.394. The van der Waals surface area contributed by atoms with E-state index in [2.05, 4.69) is 48.6 Å². The summed E-state index contributed by atoms with van der Waals surface area (Å²) in [6.07, 6.45) is 3.88. The number of halogens is 1. The molecular formula is C25H26ClNO. The van der Waals surface area contributed by atoms with Gasteiger partial charge in [0.15, 0.2) is 5.78 Å². The standard InChI is InChI=1S/C25H26ClNO/c1-2-3-7-19-10-16-23(17-11-19)27-24(20-8-5-4-6-9-20)18-25(28)21-12-14-22(26)15-13-21/h4-6,8-17,24,27H,2-3,7,18H2,1H3/t24-/m1/s1. The number of unbranched alkanes of at least 4 members (excludes halogenated alkanes) is 1. The van der Waals surface area contributed by atoms with Crippen LogP contribution in [0, 0.1) is 0 Å². The molecule has 0 heterocycles. The number of carbonyl (C=O) groups is 1. The Bertz CT molecular complexity index is 873. The molecule has 144 valence electrons. The lowest BCUT2D eigenvalue weighted by Crippen LogP contribution is -2.15. The van der Waals surface area contributed by atoms with Crippen LogP contribution in [0.15, 0.2) is 78.9 Å². The Hall–Kier alpha value is -2.58. The van der Waals surface area contributed by atoms with Crippen LogP contribution < -0.4 is 5.32 Å². The summed E-state index contributed by atoms with van der Waals surface area (Å²) in [5, 5.41) is 4.18. The van der Waals surface area contributed by atoms with E-state index < -0.39 is 0 Å². The van der Waals surface area contributed by atoms with E-state index in [1.807, 2.05) is 18.2 Å². The highest BCUT2D eigenvalue weighted by Crippen LogP contribution is 2.25. The van der Waals surface area contributed by atoms with Gasteiger partial charge in [0.1, 0.15) is 0 Å². The number of benzene rings is 3. The molecule has 3 aromatic rings. The number of rotatable bonds is 9. The third kappa shape index (κ3) is 5.71. The first-order chi connectivity index (χ1) is 13.7. The largest absolute Gasteiger partial charge is 0.378 e. The summed E-state index contributed by atoms with van der Waals surface area (Å²) in [5.74, 6) is 0.0950. The van der Waals surface area contributed by atoms with Crippen molar-refractivity contribution in [1.29, 1.82) is 0 Å². The maximum absolute atomic E-state index is 12.8. The highest BCUT2D eigenvalue weighted by atomic mass is 35.5. The lowest BCUT2D eigenvalue weighted by molar-refractivity contribution is 0.0976. The zero-order valence-corrected chi connectivity index (χ0v) is 17.0. The predicted octanol–water partition coefficient (Wildman–Crippen LogP) is 7.11. The molecule has 0 saturated carbocycles. The number of hydrogen-bond donors (Lipinski definition) is 1. The third-order valence-electron chi connectivity index (χ3n) is 4.87. The van der Waals surface area contributed by atoms with E-state index in [0.29, 0.717) is 17.0 Å². The molecule has 2 nitrogen and oxygen atoms in total. The highest BCUT2D eigenvalue weighted by Gasteiger charge is 2.17. The van der Waals surface area contributed by atoms with Gasteiger partial charge in [0, 0.05) is 22.7 Å². The fraction of sp³-hybridized carbons (Fsp3) is 0.240. The van der Waals surface area contributed by atoms with Crippen molar-refractivity contribution in [3.05, 3.63) is 101 Å². The van der Waals surface area contributed by atoms with Gasteiger partial charge in [-0.25, -0.2) is 0 Å². The summed E-state index contributed by atoms with van der Waals surface area (Å²) in [4.78, 5) is 12.8. The number of carbonyl (C=O) groups excluding carboxylic acids is 1. The molecule has 1 atom stereocenters. The summed E-state index contributed by atoms with van der Waals surface area (Å²) >= 11 is 5.95. The van der Waals surface area contributed by atoms with Crippen molar-refractivity contribution in [2.24, 2.45) is 0 Å². The first-order valence-electron chi connectivity index (χ1n) is 9.85. The Morgan fingerprint density at radius 1 is 0.929 bits per heavy atom. The van der Waals surface area contributed by atoms with Gasteiger partial charge >= 0.3 is 0 Å². The van der Waals surface area contributed by atoms with Gasteiger partial charge in [-0.05, 0) is 60.4 Å². The van der Waals surface area contributed by atoms with Crippen molar-refractivity contribution < 1.29 is 4.79 Å². The minimum Gasteiger partial charge on any atom is -0.378 e. The van der Waals surface area contributed by atoms with Crippen molar-refractivity contribution in [3.8, 4) is 0 Å². The summed E-state index contributed by atoms with van der Waals surface area (Å²) in [6, 6.07) is 25.7. The lowest BCUT2D eigenvalue weighted by atomic mass is 9.97. The van der Waals surface area contributed by atoms with Crippen molar-refractivity contribution in [2.75, 3.05) is 5.32 Å². The number of Topliss-reactive ketones (excluding diaryl/α,β-unsaturated/α-hetero) is 1. The molecular weight excluding hydrogens is 366 g/mol. The van der Waals surface area contributed by atoms with Gasteiger partial charge in [0.2, 0.25) is 0 Å². The second-order valence-corrected chi connectivity index (χ2v) is 7.48. The molecule has 0 aliphatic heterocycles. The molecule has 0 amide bonds. The van der Waals surface area contributed by atoms with Crippen LogP contribution in [0.25, 0.3) is 0 Å². The maximum atomic E-state index is 12.8. The minimum atomic E-state index is -0.0918. The molecule has 0 spiro atoms. The molecule has 3 heteroatoms. The summed E-state index contributed by atoms with van der Waals surface area (Å²) in [6.45, 7) is 2.21. The number of aryl methyl sites for hydroxylation is 1. The third-order valence-corrected chi connectivity index (χ3v) is 5.12. The van der Waals surface area contributed by atoms with E-state index in [1.54, 1.807) is 24.3 Å². The van der Waals surface area contributed by atoms with Gasteiger partial charge in [-0.15, -0.1) is 0 Å². The topological polar surface area (TPSA) is 29.1 Å². The number of nitrogens with one attached hydrogen (secondary N) is 1. The number of anilines is 1. The molecule has 1 N–H and O–H groups in total. The molecule has 0 unspecified atom stereocenters. The van der Waals surface area contributed by atoms with E-state index in [-0.39, 0.29) is 11.8 Å². The molecule has 0 aliphatic rings. The lowest BCUT2D eigenvalue weighted by Gasteiger charge is -2.20. The smallest absolute Gasteiger partial charge is 0.165 e. The van der Waals surface area contributed by atoms with Gasteiger partial charge in [-0.1, -0.05) is 67.4 Å². The number of hydrogen-bond acceptors (Lipinski definition) is 2. The Morgan fingerprint density at radius 3 is 2.25 bits per heavy atom. The highest BCUT2D eigenvalue weighted by molar-refractivity contribution is 6.30. The van der Waals surface area contributed by atoms with Crippen LogP contribution in [0.2, 0.25) is 5.02 Å². The van der Waals surface area contributed by atoms with Crippen molar-refractivity contribution in [2.45, 2.75) is 38.6 Å². The van der Waals surface area contributed by atoms with Gasteiger partial charge in [-0.2, -0.15) is 0 Å². The van der Waals surface area contributed by atoms with E-state index in [9.17, 15) is 4.79 Å². The van der Waals surface area contributed by atoms with Crippen LogP contribution in [0.3, 0.4) is 0 Å². The fourth-order valence-corrected chi connectivity index (χ4v) is 3.35. The molecule has 3 rings (SSSR count). The predicted molar refractivity (Wildman–Crippen MR) is 118 cm³/mol. The number of ketones is 1. The molecule has 3 aromatic carbocycles. The zero-order valence-electron chi connectivity index (χ0n) is 16.2. The Labute approximate surface area is 172 Å². The average molecular weight is 392 g/mol. The molecule has 0 radical (unpaired) electrons. The van der Waals surface area contributed by atoms with Crippen LogP contribution in [-0.2, 0) is 6.42 Å². The van der Waals surface area contributed by atoms with Crippen LogP contribution in [0.4, 0.5) is 5.69 Å². The van der Waals surface area contributed by atoms with Gasteiger partial charge in [0.05, 0.1) is 6.04 Å². The average Bonchev–Trinajstić information content (AvgIpc) is 2.74. The van der Waals surface area contributed by atoms with Gasteiger partial charge in [-0.3, -0.25) is 4.79 Å². The Kier molecular flexibility index (Phi) is 7.27. The molecule has 0 fully saturated rings. The second-order valence-electron chi connectivity index (χ2n) is 7.04. The normalized spacial score (nSPS) is 11.8. The molecule has 0 aromatic heterocycles. The molecule has 28 heavy (non-hydrogen) atoms. The van der Waals surface area contributed by atoms with Crippen LogP contribution in [0.1, 0.15) is 53.7 Å². The second kappa shape index (κ2) is 10.1. The molecule has 0 aliphatic carbocycles. The van der Waals surface area contributed by atoms with Crippen LogP contribution in [-0.4, -0.2) is 5.78 Å². The fourth-order valence-electron chi connectivity index (χ4n) is 3.23. The SMILES string of the molecule is CCCCc1ccc(N[C@H](CC(=O)c2ccc(Cl)cc2)c2ccccc2)cc1. The van der Waals surface area contributed by atoms with Crippen LogP contribution >= 0.6 is 11.6 Å². The van der Waals surface area contributed by atoms with Crippen molar-refractivity contribution in [3.63, 3.8) is 0 Å². The first kappa shape index (κ1) is 20.2. The van der Waals surface area contributed by atoms with E-state index in [4.69, 9.17) is 11.6 Å². The van der Waals surface area contributed by atoms with Crippen molar-refractivity contribution in [1.82, 2.24) is 0 Å². The summed E-state index contributed by atoms with van der Waals surface area (Å²) < 4.78 is 0. The van der Waals surface area contributed by atoms with E-state index in [1.165, 1.54) is 18.4 Å². The zero-order chi connectivity index (χ0) is 19.8. The molecule has 0 saturated heterocycles. The summed E-state index contributed by atoms with van der Waals surface area (Å²) in [7, 11) is 0.